The van der Waals surface area contributed by atoms with E-state index in [9.17, 15) is 9.59 Å². The minimum atomic E-state index is -0.368. The van der Waals surface area contributed by atoms with Crippen molar-refractivity contribution in [2.24, 2.45) is 0 Å². The maximum absolute atomic E-state index is 13.5. The van der Waals surface area contributed by atoms with E-state index in [0.29, 0.717) is 34.9 Å². The molecule has 1 aliphatic heterocycles. The maximum Gasteiger partial charge on any atom is 0.278 e. The summed E-state index contributed by atoms with van der Waals surface area (Å²) < 4.78 is 10.8. The van der Waals surface area contributed by atoms with Gasteiger partial charge in [-0.15, -0.1) is 0 Å². The quantitative estimate of drug-likeness (QED) is 0.508. The van der Waals surface area contributed by atoms with Crippen molar-refractivity contribution in [1.29, 1.82) is 0 Å². The molecule has 0 aromatic heterocycles. The van der Waals surface area contributed by atoms with Crippen LogP contribution in [-0.2, 0) is 16.1 Å². The van der Waals surface area contributed by atoms with Gasteiger partial charge in [0.25, 0.3) is 11.8 Å². The highest BCUT2D eigenvalue weighted by molar-refractivity contribution is 6.36. The van der Waals surface area contributed by atoms with Gasteiger partial charge in [0.05, 0.1) is 25.8 Å². The SMILES string of the molecule is CCOc1ccc(C2=C(Nc3cccc(OC)c3)C(=O)N(Cc3ccc(C)cc3)C2=O)cc1. The summed E-state index contributed by atoms with van der Waals surface area (Å²) in [6.07, 6.45) is 0. The Balaban J connectivity index is 1.71. The zero-order valence-corrected chi connectivity index (χ0v) is 18.9. The third kappa shape index (κ3) is 4.75. The van der Waals surface area contributed by atoms with Gasteiger partial charge in [0.15, 0.2) is 0 Å². The van der Waals surface area contributed by atoms with E-state index in [0.717, 1.165) is 11.1 Å². The number of aryl methyl sites for hydroxylation is 1. The van der Waals surface area contributed by atoms with Gasteiger partial charge in [0, 0.05) is 11.8 Å². The van der Waals surface area contributed by atoms with E-state index < -0.39 is 0 Å². The fourth-order valence-corrected chi connectivity index (χ4v) is 3.71. The van der Waals surface area contributed by atoms with Crippen molar-refractivity contribution in [3.63, 3.8) is 0 Å². The number of nitrogens with one attached hydrogen (secondary N) is 1. The zero-order valence-electron chi connectivity index (χ0n) is 18.9. The van der Waals surface area contributed by atoms with E-state index >= 15 is 0 Å². The zero-order chi connectivity index (χ0) is 23.4. The van der Waals surface area contributed by atoms with Crippen LogP contribution in [0.4, 0.5) is 5.69 Å². The second-order valence-corrected chi connectivity index (χ2v) is 7.75. The van der Waals surface area contributed by atoms with Crippen LogP contribution in [-0.4, -0.2) is 30.4 Å². The predicted octanol–water partition coefficient (Wildman–Crippen LogP) is 4.79. The number of amides is 2. The molecule has 4 rings (SSSR count). The summed E-state index contributed by atoms with van der Waals surface area (Å²) in [6, 6.07) is 22.2. The highest BCUT2D eigenvalue weighted by atomic mass is 16.5. The Labute approximate surface area is 193 Å². The molecule has 0 spiro atoms. The number of hydrogen-bond acceptors (Lipinski definition) is 5. The average molecular weight is 443 g/mol. The van der Waals surface area contributed by atoms with Crippen molar-refractivity contribution in [2.75, 3.05) is 19.0 Å². The average Bonchev–Trinajstić information content (AvgIpc) is 3.05. The molecule has 168 valence electrons. The highest BCUT2D eigenvalue weighted by Crippen LogP contribution is 2.33. The minimum Gasteiger partial charge on any atom is -0.497 e. The molecule has 0 unspecified atom stereocenters. The first-order chi connectivity index (χ1) is 16.0. The Morgan fingerprint density at radius 2 is 1.61 bits per heavy atom. The van der Waals surface area contributed by atoms with Crippen LogP contribution in [0.2, 0.25) is 0 Å². The Bertz CT molecular complexity index is 1200. The summed E-state index contributed by atoms with van der Waals surface area (Å²) >= 11 is 0. The molecule has 2 amide bonds. The van der Waals surface area contributed by atoms with Crippen molar-refractivity contribution in [3.05, 3.63) is 95.2 Å². The third-order valence-corrected chi connectivity index (χ3v) is 5.42. The Kier molecular flexibility index (Phi) is 6.45. The number of benzene rings is 3. The Hall–Kier alpha value is -4.06. The fraction of sp³-hybridized carbons (Fsp3) is 0.185. The van der Waals surface area contributed by atoms with Crippen LogP contribution in [0.5, 0.6) is 11.5 Å². The van der Waals surface area contributed by atoms with Crippen LogP contribution in [0.25, 0.3) is 5.57 Å². The number of ether oxygens (including phenoxy) is 2. The van der Waals surface area contributed by atoms with Crippen LogP contribution in [0.15, 0.2) is 78.5 Å². The number of hydrogen-bond donors (Lipinski definition) is 1. The first kappa shape index (κ1) is 22.1. The van der Waals surface area contributed by atoms with Gasteiger partial charge in [0.1, 0.15) is 17.2 Å². The molecule has 1 N–H and O–H groups in total. The summed E-state index contributed by atoms with van der Waals surface area (Å²) in [5, 5.41) is 3.17. The fourth-order valence-electron chi connectivity index (χ4n) is 3.71. The van der Waals surface area contributed by atoms with Crippen molar-refractivity contribution in [3.8, 4) is 11.5 Å². The van der Waals surface area contributed by atoms with Gasteiger partial charge >= 0.3 is 0 Å². The van der Waals surface area contributed by atoms with Crippen molar-refractivity contribution in [2.45, 2.75) is 20.4 Å². The topological polar surface area (TPSA) is 67.9 Å². The predicted molar refractivity (Wildman–Crippen MR) is 128 cm³/mol. The Morgan fingerprint density at radius 1 is 0.879 bits per heavy atom. The van der Waals surface area contributed by atoms with E-state index in [1.807, 2.05) is 56.3 Å². The first-order valence-electron chi connectivity index (χ1n) is 10.8. The standard InChI is InChI=1S/C27H26N2O4/c1-4-33-22-14-12-20(13-15-22)24-25(28-21-6-5-7-23(16-21)32-3)27(31)29(26(24)30)17-19-10-8-18(2)9-11-19/h5-16,28H,4,17H2,1-3H3. The van der Waals surface area contributed by atoms with Crippen LogP contribution < -0.4 is 14.8 Å². The van der Waals surface area contributed by atoms with Crippen LogP contribution in [0, 0.1) is 6.92 Å². The molecule has 0 saturated carbocycles. The monoisotopic (exact) mass is 442 g/mol. The van der Waals surface area contributed by atoms with Gasteiger partial charge in [-0.05, 0) is 49.2 Å². The van der Waals surface area contributed by atoms with Gasteiger partial charge in [-0.1, -0.05) is 48.0 Å². The minimum absolute atomic E-state index is 0.196. The normalized spacial score (nSPS) is 13.5. The van der Waals surface area contributed by atoms with E-state index in [1.54, 1.807) is 37.4 Å². The second-order valence-electron chi connectivity index (χ2n) is 7.75. The summed E-state index contributed by atoms with van der Waals surface area (Å²) in [5.41, 5.74) is 3.88. The molecular formula is C27H26N2O4. The number of methoxy groups -OCH3 is 1. The molecule has 1 aliphatic rings. The van der Waals surface area contributed by atoms with E-state index in [-0.39, 0.29) is 24.1 Å². The lowest BCUT2D eigenvalue weighted by molar-refractivity contribution is -0.137. The van der Waals surface area contributed by atoms with Gasteiger partial charge in [-0.2, -0.15) is 0 Å². The molecule has 0 bridgehead atoms. The molecule has 33 heavy (non-hydrogen) atoms. The molecule has 1 heterocycles. The Morgan fingerprint density at radius 3 is 2.27 bits per heavy atom. The van der Waals surface area contributed by atoms with Crippen LogP contribution in [0.1, 0.15) is 23.6 Å². The molecule has 6 heteroatoms. The number of imide groups is 1. The smallest absolute Gasteiger partial charge is 0.278 e. The largest absolute Gasteiger partial charge is 0.497 e. The lowest BCUT2D eigenvalue weighted by Crippen LogP contribution is -2.32. The van der Waals surface area contributed by atoms with Gasteiger partial charge in [-0.25, -0.2) is 0 Å². The van der Waals surface area contributed by atoms with Crippen molar-refractivity contribution < 1.29 is 19.1 Å². The molecule has 0 radical (unpaired) electrons. The molecule has 6 nitrogen and oxygen atoms in total. The number of carbonyl (C=O) groups is 2. The lowest BCUT2D eigenvalue weighted by Gasteiger charge is -2.16. The number of carbonyl (C=O) groups excluding carboxylic acids is 2. The molecular weight excluding hydrogens is 416 g/mol. The van der Waals surface area contributed by atoms with E-state index in [1.165, 1.54) is 4.90 Å². The van der Waals surface area contributed by atoms with Crippen molar-refractivity contribution >= 4 is 23.1 Å². The molecule has 0 saturated heterocycles. The second kappa shape index (κ2) is 9.61. The maximum atomic E-state index is 13.5. The molecule has 0 atom stereocenters. The summed E-state index contributed by atoms with van der Waals surface area (Å²) in [6.45, 7) is 4.65. The molecule has 3 aromatic carbocycles. The van der Waals surface area contributed by atoms with Gasteiger partial charge < -0.3 is 14.8 Å². The molecule has 0 fully saturated rings. The summed E-state index contributed by atoms with van der Waals surface area (Å²) in [7, 11) is 1.58. The van der Waals surface area contributed by atoms with Crippen LogP contribution in [0.3, 0.4) is 0 Å². The summed E-state index contributed by atoms with van der Waals surface area (Å²) in [4.78, 5) is 28.2. The number of nitrogens with zero attached hydrogens (tertiary/aromatic N) is 1. The van der Waals surface area contributed by atoms with Gasteiger partial charge in [-0.3, -0.25) is 14.5 Å². The third-order valence-electron chi connectivity index (χ3n) is 5.42. The van der Waals surface area contributed by atoms with Crippen LogP contribution >= 0.6 is 0 Å². The van der Waals surface area contributed by atoms with E-state index in [4.69, 9.17) is 9.47 Å². The number of anilines is 1. The van der Waals surface area contributed by atoms with E-state index in [2.05, 4.69) is 5.32 Å². The lowest BCUT2D eigenvalue weighted by atomic mass is 10.0. The first-order valence-corrected chi connectivity index (χ1v) is 10.8. The number of rotatable bonds is 8. The highest BCUT2D eigenvalue weighted by Gasteiger charge is 2.39. The summed E-state index contributed by atoms with van der Waals surface area (Å²) in [5.74, 6) is 0.649. The molecule has 0 aliphatic carbocycles. The van der Waals surface area contributed by atoms with Crippen molar-refractivity contribution in [1.82, 2.24) is 4.90 Å². The molecule has 3 aromatic rings. The van der Waals surface area contributed by atoms with Gasteiger partial charge in [0.2, 0.25) is 0 Å².